The molecule has 1 aromatic heterocycles. The number of thiophene rings is 1. The number of carbonyl (C=O) groups is 1. The van der Waals surface area contributed by atoms with E-state index in [0.717, 1.165) is 16.2 Å². The van der Waals surface area contributed by atoms with E-state index in [-0.39, 0.29) is 11.7 Å². The van der Waals surface area contributed by atoms with Crippen LogP contribution in [-0.2, 0) is 0 Å². The van der Waals surface area contributed by atoms with Gasteiger partial charge in [0, 0.05) is 5.56 Å². The Kier molecular flexibility index (Phi) is 2.26. The second-order valence-corrected chi connectivity index (χ2v) is 4.69. The quantitative estimate of drug-likeness (QED) is 0.741. The van der Waals surface area contributed by atoms with Gasteiger partial charge in [0.2, 0.25) is 0 Å². The van der Waals surface area contributed by atoms with Crippen molar-refractivity contribution >= 4 is 17.1 Å². The SMILES string of the molecule is O=C(c1cccs1)C1COc2ccccc21. The number of benzene rings is 1. The number of para-hydroxylation sites is 1. The largest absolute Gasteiger partial charge is 0.492 e. The van der Waals surface area contributed by atoms with Crippen LogP contribution in [0.1, 0.15) is 21.2 Å². The van der Waals surface area contributed by atoms with E-state index < -0.39 is 0 Å². The fourth-order valence-electron chi connectivity index (χ4n) is 1.97. The van der Waals surface area contributed by atoms with Crippen molar-refractivity contribution in [2.45, 2.75) is 5.92 Å². The number of ketones is 1. The van der Waals surface area contributed by atoms with Crippen LogP contribution in [0.2, 0.25) is 0 Å². The average molecular weight is 230 g/mol. The highest BCUT2D eigenvalue weighted by Crippen LogP contribution is 2.36. The predicted octanol–water partition coefficient (Wildman–Crippen LogP) is 3.11. The highest BCUT2D eigenvalue weighted by atomic mass is 32.1. The molecule has 0 amide bonds. The first kappa shape index (κ1) is 9.60. The number of rotatable bonds is 2. The molecule has 3 heteroatoms. The number of hydrogen-bond donors (Lipinski definition) is 0. The molecule has 1 aliphatic heterocycles. The van der Waals surface area contributed by atoms with Crippen LogP contribution in [0.25, 0.3) is 0 Å². The molecule has 3 rings (SSSR count). The van der Waals surface area contributed by atoms with Crippen LogP contribution in [0.5, 0.6) is 5.75 Å². The van der Waals surface area contributed by atoms with Crippen LogP contribution in [0, 0.1) is 0 Å². The zero-order valence-electron chi connectivity index (χ0n) is 8.55. The van der Waals surface area contributed by atoms with Crippen LogP contribution in [0.3, 0.4) is 0 Å². The maximum absolute atomic E-state index is 12.2. The van der Waals surface area contributed by atoms with Gasteiger partial charge in [0.25, 0.3) is 0 Å². The molecule has 1 aromatic carbocycles. The summed E-state index contributed by atoms with van der Waals surface area (Å²) in [5, 5.41) is 1.93. The molecule has 2 aromatic rings. The van der Waals surface area contributed by atoms with Gasteiger partial charge >= 0.3 is 0 Å². The van der Waals surface area contributed by atoms with E-state index in [0.29, 0.717) is 6.61 Å². The summed E-state index contributed by atoms with van der Waals surface area (Å²) in [5.74, 6) is 0.882. The molecule has 16 heavy (non-hydrogen) atoms. The lowest BCUT2D eigenvalue weighted by molar-refractivity contribution is 0.0951. The van der Waals surface area contributed by atoms with Crippen molar-refractivity contribution in [2.24, 2.45) is 0 Å². The van der Waals surface area contributed by atoms with Crippen LogP contribution in [0.4, 0.5) is 0 Å². The Bertz CT molecular complexity index is 516. The molecule has 0 spiro atoms. The molecule has 0 saturated heterocycles. The van der Waals surface area contributed by atoms with Crippen LogP contribution < -0.4 is 4.74 Å². The molecular weight excluding hydrogens is 220 g/mol. The molecule has 1 unspecified atom stereocenters. The van der Waals surface area contributed by atoms with E-state index in [4.69, 9.17) is 4.74 Å². The predicted molar refractivity (Wildman–Crippen MR) is 63.3 cm³/mol. The third kappa shape index (κ3) is 1.44. The van der Waals surface area contributed by atoms with Gasteiger partial charge in [-0.15, -0.1) is 11.3 Å². The smallest absolute Gasteiger partial charge is 0.183 e. The molecule has 0 bridgehead atoms. The lowest BCUT2D eigenvalue weighted by Crippen LogP contribution is -2.12. The first-order valence-corrected chi connectivity index (χ1v) is 6.03. The summed E-state index contributed by atoms with van der Waals surface area (Å²) >= 11 is 1.49. The maximum Gasteiger partial charge on any atom is 0.183 e. The second kappa shape index (κ2) is 3.76. The first-order valence-electron chi connectivity index (χ1n) is 5.16. The Hall–Kier alpha value is -1.61. The van der Waals surface area contributed by atoms with Crippen LogP contribution in [-0.4, -0.2) is 12.4 Å². The average Bonchev–Trinajstić information content (AvgIpc) is 2.98. The molecule has 2 heterocycles. The van der Waals surface area contributed by atoms with Crippen molar-refractivity contribution in [1.29, 1.82) is 0 Å². The monoisotopic (exact) mass is 230 g/mol. The Balaban J connectivity index is 1.96. The van der Waals surface area contributed by atoms with Gasteiger partial charge in [-0.05, 0) is 17.5 Å². The molecule has 0 radical (unpaired) electrons. The minimum atomic E-state index is -0.130. The van der Waals surface area contributed by atoms with Crippen molar-refractivity contribution in [3.63, 3.8) is 0 Å². The van der Waals surface area contributed by atoms with Crippen LogP contribution >= 0.6 is 11.3 Å². The topological polar surface area (TPSA) is 26.3 Å². The fraction of sp³-hybridized carbons (Fsp3) is 0.154. The van der Waals surface area contributed by atoms with E-state index >= 15 is 0 Å². The minimum Gasteiger partial charge on any atom is -0.492 e. The molecule has 80 valence electrons. The normalized spacial score (nSPS) is 17.9. The summed E-state index contributed by atoms with van der Waals surface area (Å²) in [7, 11) is 0. The maximum atomic E-state index is 12.2. The van der Waals surface area contributed by atoms with Gasteiger partial charge in [-0.2, -0.15) is 0 Å². The van der Waals surface area contributed by atoms with E-state index in [1.165, 1.54) is 11.3 Å². The van der Waals surface area contributed by atoms with Gasteiger partial charge in [0.1, 0.15) is 12.4 Å². The first-order chi connectivity index (χ1) is 7.86. The van der Waals surface area contributed by atoms with Gasteiger partial charge < -0.3 is 4.74 Å². The zero-order chi connectivity index (χ0) is 11.0. The van der Waals surface area contributed by atoms with Gasteiger partial charge in [-0.3, -0.25) is 4.79 Å². The Morgan fingerprint density at radius 1 is 1.25 bits per heavy atom. The molecule has 1 atom stereocenters. The number of fused-ring (bicyclic) bond motifs is 1. The third-order valence-corrected chi connectivity index (χ3v) is 3.66. The summed E-state index contributed by atoms with van der Waals surface area (Å²) in [6.07, 6.45) is 0. The number of carbonyl (C=O) groups excluding carboxylic acids is 1. The van der Waals surface area contributed by atoms with E-state index in [1.54, 1.807) is 0 Å². The summed E-state index contributed by atoms with van der Waals surface area (Å²) in [5.41, 5.74) is 1.01. The highest BCUT2D eigenvalue weighted by molar-refractivity contribution is 7.12. The molecule has 0 aliphatic carbocycles. The molecule has 2 nitrogen and oxygen atoms in total. The van der Waals surface area contributed by atoms with Crippen molar-refractivity contribution in [1.82, 2.24) is 0 Å². The van der Waals surface area contributed by atoms with E-state index in [2.05, 4.69) is 0 Å². The third-order valence-electron chi connectivity index (χ3n) is 2.78. The zero-order valence-corrected chi connectivity index (χ0v) is 9.37. The van der Waals surface area contributed by atoms with Crippen molar-refractivity contribution in [3.8, 4) is 5.75 Å². The molecular formula is C13H10O2S. The minimum absolute atomic E-state index is 0.130. The fourth-order valence-corrected chi connectivity index (χ4v) is 2.69. The molecule has 0 saturated carbocycles. The van der Waals surface area contributed by atoms with Crippen molar-refractivity contribution < 1.29 is 9.53 Å². The summed E-state index contributed by atoms with van der Waals surface area (Å²) in [6.45, 7) is 0.468. The number of hydrogen-bond acceptors (Lipinski definition) is 3. The van der Waals surface area contributed by atoms with E-state index in [1.807, 2.05) is 41.8 Å². The standard InChI is InChI=1S/C13H10O2S/c14-13(12-6-3-7-16-12)10-8-15-11-5-2-1-4-9(10)11/h1-7,10H,8H2. The highest BCUT2D eigenvalue weighted by Gasteiger charge is 2.30. The summed E-state index contributed by atoms with van der Waals surface area (Å²) < 4.78 is 5.51. The number of ether oxygens (including phenoxy) is 1. The van der Waals surface area contributed by atoms with Gasteiger partial charge in [-0.25, -0.2) is 0 Å². The Morgan fingerprint density at radius 2 is 2.12 bits per heavy atom. The Labute approximate surface area is 97.5 Å². The van der Waals surface area contributed by atoms with E-state index in [9.17, 15) is 4.79 Å². The van der Waals surface area contributed by atoms with Crippen molar-refractivity contribution in [2.75, 3.05) is 6.61 Å². The molecule has 0 N–H and O–H groups in total. The van der Waals surface area contributed by atoms with Gasteiger partial charge in [-0.1, -0.05) is 24.3 Å². The lowest BCUT2D eigenvalue weighted by Gasteiger charge is -2.05. The molecule has 0 fully saturated rings. The Morgan fingerprint density at radius 3 is 2.94 bits per heavy atom. The van der Waals surface area contributed by atoms with Crippen molar-refractivity contribution in [3.05, 3.63) is 52.2 Å². The van der Waals surface area contributed by atoms with Crippen LogP contribution in [0.15, 0.2) is 41.8 Å². The summed E-state index contributed by atoms with van der Waals surface area (Å²) in [4.78, 5) is 13.0. The lowest BCUT2D eigenvalue weighted by atomic mass is 9.96. The van der Waals surface area contributed by atoms with Gasteiger partial charge in [0.15, 0.2) is 5.78 Å². The van der Waals surface area contributed by atoms with Gasteiger partial charge in [0.05, 0.1) is 10.8 Å². The second-order valence-electron chi connectivity index (χ2n) is 3.74. The molecule has 1 aliphatic rings. The number of Topliss-reactive ketones (excluding diaryl/α,β-unsaturated/α-hetero) is 1. The summed E-state index contributed by atoms with van der Waals surface area (Å²) in [6, 6.07) is 11.5.